The van der Waals surface area contributed by atoms with Crippen LogP contribution in [0.3, 0.4) is 0 Å². The molecule has 1 atom stereocenters. The van der Waals surface area contributed by atoms with Crippen molar-refractivity contribution in [1.29, 1.82) is 0 Å². The lowest BCUT2D eigenvalue weighted by Crippen LogP contribution is -2.58. The van der Waals surface area contributed by atoms with E-state index < -0.39 is 17.7 Å². The fourth-order valence-corrected chi connectivity index (χ4v) is 3.82. The number of benzene rings is 2. The van der Waals surface area contributed by atoms with Crippen molar-refractivity contribution < 1.29 is 14.8 Å². The summed E-state index contributed by atoms with van der Waals surface area (Å²) in [6, 6.07) is 12.1. The number of carbonyl (C=O) groups is 2. The minimum absolute atomic E-state index is 0.317. The number of amides is 4. The van der Waals surface area contributed by atoms with E-state index in [1.54, 1.807) is 67.3 Å². The summed E-state index contributed by atoms with van der Waals surface area (Å²) < 4.78 is 0. The van der Waals surface area contributed by atoms with Crippen LogP contribution in [-0.4, -0.2) is 45.5 Å². The van der Waals surface area contributed by atoms with Gasteiger partial charge in [-0.05, 0) is 69.3 Å². The second-order valence-electron chi connectivity index (χ2n) is 7.18. The van der Waals surface area contributed by atoms with E-state index in [9.17, 15) is 14.8 Å². The number of hydroxylamine groups is 2. The van der Waals surface area contributed by atoms with E-state index in [4.69, 9.17) is 23.2 Å². The Bertz CT molecular complexity index is 903. The first-order valence-electron chi connectivity index (χ1n) is 9.08. The van der Waals surface area contributed by atoms with Crippen molar-refractivity contribution in [2.45, 2.75) is 32.5 Å². The number of nitrogens with one attached hydrogen (secondary N) is 1. The molecule has 1 fully saturated rings. The highest BCUT2D eigenvalue weighted by Gasteiger charge is 2.55. The van der Waals surface area contributed by atoms with Crippen molar-refractivity contribution in [3.63, 3.8) is 0 Å². The molecule has 9 heteroatoms. The molecule has 0 bridgehead atoms. The monoisotopic (exact) mass is 436 g/mol. The molecule has 1 saturated heterocycles. The molecule has 2 aromatic rings. The van der Waals surface area contributed by atoms with E-state index in [0.717, 1.165) is 0 Å². The number of rotatable bonds is 4. The fraction of sp³-hybridized carbons (Fsp3) is 0.300. The first-order valence-corrected chi connectivity index (χ1v) is 9.83. The summed E-state index contributed by atoms with van der Waals surface area (Å²) in [7, 11) is 0. The fourth-order valence-electron chi connectivity index (χ4n) is 3.57. The Kier molecular flexibility index (Phi) is 5.93. The zero-order chi connectivity index (χ0) is 21.3. The van der Waals surface area contributed by atoms with Crippen LogP contribution >= 0.6 is 23.2 Å². The predicted octanol–water partition coefficient (Wildman–Crippen LogP) is 5.28. The maximum atomic E-state index is 13.1. The molecule has 1 aliphatic heterocycles. The van der Waals surface area contributed by atoms with E-state index in [1.807, 2.05) is 6.92 Å². The zero-order valence-electron chi connectivity index (χ0n) is 16.3. The third kappa shape index (κ3) is 3.99. The van der Waals surface area contributed by atoms with Gasteiger partial charge in [0.15, 0.2) is 6.17 Å². The molecule has 1 aliphatic rings. The van der Waals surface area contributed by atoms with Gasteiger partial charge >= 0.3 is 12.1 Å². The van der Waals surface area contributed by atoms with Gasteiger partial charge in [0.25, 0.3) is 0 Å². The Balaban J connectivity index is 1.95. The maximum Gasteiger partial charge on any atom is 0.347 e. The van der Waals surface area contributed by atoms with Gasteiger partial charge in [-0.15, -0.1) is 0 Å². The molecule has 0 aliphatic carbocycles. The van der Waals surface area contributed by atoms with Crippen molar-refractivity contribution in [1.82, 2.24) is 9.96 Å². The van der Waals surface area contributed by atoms with Crippen molar-refractivity contribution in [3.8, 4) is 0 Å². The van der Waals surface area contributed by atoms with Crippen LogP contribution in [0.15, 0.2) is 48.5 Å². The Hall–Kier alpha value is -2.48. The molecular formula is C20H22Cl2N4O3. The lowest BCUT2D eigenvalue weighted by atomic mass is 10.00. The van der Waals surface area contributed by atoms with Crippen LogP contribution in [0.2, 0.25) is 10.0 Å². The lowest BCUT2D eigenvalue weighted by Gasteiger charge is -2.38. The molecule has 0 saturated carbocycles. The average molecular weight is 437 g/mol. The van der Waals surface area contributed by atoms with E-state index in [2.05, 4.69) is 5.32 Å². The number of hydrogen-bond donors (Lipinski definition) is 2. The molecule has 0 aromatic heterocycles. The van der Waals surface area contributed by atoms with Gasteiger partial charge in [0.2, 0.25) is 0 Å². The van der Waals surface area contributed by atoms with Crippen LogP contribution in [0.25, 0.3) is 0 Å². The highest BCUT2D eigenvalue weighted by molar-refractivity contribution is 6.31. The minimum Gasteiger partial charge on any atom is -0.315 e. The molecule has 0 radical (unpaired) electrons. The topological polar surface area (TPSA) is 76.1 Å². The highest BCUT2D eigenvalue weighted by atomic mass is 35.5. The van der Waals surface area contributed by atoms with Crippen LogP contribution in [0, 0.1) is 0 Å². The van der Waals surface area contributed by atoms with Crippen LogP contribution in [0.1, 0.15) is 20.8 Å². The predicted molar refractivity (Wildman–Crippen MR) is 114 cm³/mol. The molecule has 154 valence electrons. The van der Waals surface area contributed by atoms with E-state index in [1.165, 1.54) is 4.90 Å². The van der Waals surface area contributed by atoms with E-state index in [0.29, 0.717) is 33.0 Å². The van der Waals surface area contributed by atoms with Crippen LogP contribution in [0.4, 0.5) is 21.0 Å². The Labute approximate surface area is 179 Å². The van der Waals surface area contributed by atoms with Crippen LogP contribution in [-0.2, 0) is 0 Å². The molecular weight excluding hydrogens is 415 g/mol. The Morgan fingerprint density at radius 2 is 1.62 bits per heavy atom. The molecule has 2 N–H and O–H groups in total. The summed E-state index contributed by atoms with van der Waals surface area (Å²) in [4.78, 5) is 28.9. The number of halogens is 2. The lowest BCUT2D eigenvalue weighted by molar-refractivity contribution is -0.0945. The molecule has 1 heterocycles. The molecule has 29 heavy (non-hydrogen) atoms. The first-order chi connectivity index (χ1) is 13.7. The standard InChI is InChI=1S/C20H22Cl2N4O3/c1-4-24-19(28)25(16-11-7-14(22)8-12-16)17(20(24,2)3)26(29)18(27)23-15-9-5-13(21)6-10-15/h5-12,17,29H,4H2,1-3H3,(H,23,27). The summed E-state index contributed by atoms with van der Waals surface area (Å²) >= 11 is 11.8. The molecule has 0 spiro atoms. The zero-order valence-corrected chi connectivity index (χ0v) is 17.8. The molecule has 7 nitrogen and oxygen atoms in total. The Morgan fingerprint density at radius 3 is 2.14 bits per heavy atom. The van der Waals surface area contributed by atoms with Gasteiger partial charge in [-0.1, -0.05) is 23.2 Å². The third-order valence-corrected chi connectivity index (χ3v) is 5.47. The van der Waals surface area contributed by atoms with Crippen LogP contribution < -0.4 is 10.2 Å². The van der Waals surface area contributed by atoms with Gasteiger partial charge in [0.05, 0.1) is 5.54 Å². The number of anilines is 2. The van der Waals surface area contributed by atoms with Gasteiger partial charge in [-0.2, -0.15) is 5.06 Å². The number of likely N-dealkylation sites (N-methyl/N-ethyl adjacent to an activating group) is 1. The number of nitrogens with zero attached hydrogens (tertiary/aromatic N) is 3. The first kappa shape index (κ1) is 21.2. The second-order valence-corrected chi connectivity index (χ2v) is 8.06. The summed E-state index contributed by atoms with van der Waals surface area (Å²) in [6.07, 6.45) is -0.969. The Morgan fingerprint density at radius 1 is 1.10 bits per heavy atom. The number of urea groups is 2. The summed E-state index contributed by atoms with van der Waals surface area (Å²) in [5.74, 6) is 0. The maximum absolute atomic E-state index is 13.1. The molecule has 2 aromatic carbocycles. The van der Waals surface area contributed by atoms with Gasteiger partial charge < -0.3 is 10.2 Å². The molecule has 4 amide bonds. The quantitative estimate of drug-likeness (QED) is 0.505. The van der Waals surface area contributed by atoms with Gasteiger partial charge in [-0.3, -0.25) is 10.1 Å². The van der Waals surface area contributed by atoms with E-state index in [-0.39, 0.29) is 6.03 Å². The number of carbonyl (C=O) groups excluding carboxylic acids is 2. The summed E-state index contributed by atoms with van der Waals surface area (Å²) in [5, 5.41) is 15.0. The van der Waals surface area contributed by atoms with Crippen molar-refractivity contribution in [3.05, 3.63) is 58.6 Å². The van der Waals surface area contributed by atoms with E-state index >= 15 is 0 Å². The van der Waals surface area contributed by atoms with Crippen molar-refractivity contribution in [2.75, 3.05) is 16.8 Å². The van der Waals surface area contributed by atoms with Gasteiger partial charge in [0.1, 0.15) is 0 Å². The summed E-state index contributed by atoms with van der Waals surface area (Å²) in [5.41, 5.74) is 0.120. The molecule has 1 unspecified atom stereocenters. The van der Waals surface area contributed by atoms with Crippen molar-refractivity contribution >= 4 is 46.6 Å². The normalized spacial score (nSPS) is 18.1. The second kappa shape index (κ2) is 8.10. The largest absolute Gasteiger partial charge is 0.347 e. The van der Waals surface area contributed by atoms with Gasteiger partial charge in [0, 0.05) is 28.0 Å². The SMILES string of the molecule is CCN1C(=O)N(c2ccc(Cl)cc2)C(N(O)C(=O)Nc2ccc(Cl)cc2)C1(C)C. The van der Waals surface area contributed by atoms with Crippen LogP contribution in [0.5, 0.6) is 0 Å². The third-order valence-electron chi connectivity index (χ3n) is 4.97. The summed E-state index contributed by atoms with van der Waals surface area (Å²) in [6.45, 7) is 5.86. The van der Waals surface area contributed by atoms with Gasteiger partial charge in [-0.25, -0.2) is 9.59 Å². The highest BCUT2D eigenvalue weighted by Crippen LogP contribution is 2.38. The minimum atomic E-state index is -0.969. The van der Waals surface area contributed by atoms with Crippen molar-refractivity contribution in [2.24, 2.45) is 0 Å². The molecule has 3 rings (SSSR count). The smallest absolute Gasteiger partial charge is 0.315 e. The number of hydrogen-bond acceptors (Lipinski definition) is 3. The average Bonchev–Trinajstić information content (AvgIpc) is 2.88.